The second-order valence-corrected chi connectivity index (χ2v) is 5.17. The quantitative estimate of drug-likeness (QED) is 0.920. The molecular weight excluding hydrogens is 341 g/mol. The molecule has 0 bridgehead atoms. The number of aliphatic hydroxyl groups is 1. The van der Waals surface area contributed by atoms with Crippen molar-refractivity contribution in [2.45, 2.75) is 25.6 Å². The molecule has 20 heavy (non-hydrogen) atoms. The molecule has 0 spiro atoms. The van der Waals surface area contributed by atoms with Crippen molar-refractivity contribution < 1.29 is 22.8 Å². The lowest BCUT2D eigenvalue weighted by molar-refractivity contribution is -0.137. The number of hydrogen-bond donors (Lipinski definition) is 1. The highest BCUT2D eigenvalue weighted by Crippen LogP contribution is 2.37. The fourth-order valence-corrected chi connectivity index (χ4v) is 2.01. The summed E-state index contributed by atoms with van der Waals surface area (Å²) in [5, 5.41) is 12.7. The van der Waals surface area contributed by atoms with Crippen LogP contribution in [-0.4, -0.2) is 21.4 Å². The second kappa shape index (κ2) is 5.53. The number of hydrogen-bond acceptors (Lipinski definition) is 4. The highest BCUT2D eigenvalue weighted by atomic mass is 79.9. The van der Waals surface area contributed by atoms with E-state index in [1.165, 1.54) is 19.1 Å². The summed E-state index contributed by atoms with van der Waals surface area (Å²) in [6.45, 7) is 1.52. The van der Waals surface area contributed by atoms with Crippen LogP contribution in [0.25, 0.3) is 11.4 Å². The minimum Gasteiger partial charge on any atom is -0.393 e. The van der Waals surface area contributed by atoms with Gasteiger partial charge >= 0.3 is 6.18 Å². The highest BCUT2D eigenvalue weighted by molar-refractivity contribution is 9.10. The lowest BCUT2D eigenvalue weighted by atomic mass is 10.1. The molecule has 1 aromatic heterocycles. The second-order valence-electron chi connectivity index (χ2n) is 4.25. The number of nitrogens with zero attached hydrogens (tertiary/aromatic N) is 2. The lowest BCUT2D eigenvalue weighted by Gasteiger charge is -2.10. The van der Waals surface area contributed by atoms with E-state index in [9.17, 15) is 18.3 Å². The first-order valence-corrected chi connectivity index (χ1v) is 6.44. The smallest absolute Gasteiger partial charge is 0.393 e. The van der Waals surface area contributed by atoms with Crippen LogP contribution >= 0.6 is 15.9 Å². The number of rotatable bonds is 3. The van der Waals surface area contributed by atoms with E-state index >= 15 is 0 Å². The van der Waals surface area contributed by atoms with E-state index in [1.54, 1.807) is 0 Å². The maximum atomic E-state index is 13.0. The van der Waals surface area contributed by atoms with Crippen molar-refractivity contribution in [3.63, 3.8) is 0 Å². The van der Waals surface area contributed by atoms with Gasteiger partial charge in [0.1, 0.15) is 0 Å². The van der Waals surface area contributed by atoms with Gasteiger partial charge in [-0.3, -0.25) is 0 Å². The zero-order chi connectivity index (χ0) is 14.9. The van der Waals surface area contributed by atoms with Crippen molar-refractivity contribution in [1.29, 1.82) is 0 Å². The van der Waals surface area contributed by atoms with E-state index in [4.69, 9.17) is 4.52 Å². The highest BCUT2D eigenvalue weighted by Gasteiger charge is 2.35. The first-order valence-electron chi connectivity index (χ1n) is 5.65. The normalized spacial score (nSPS) is 13.5. The number of benzene rings is 1. The Morgan fingerprint density at radius 3 is 2.70 bits per heavy atom. The van der Waals surface area contributed by atoms with Crippen molar-refractivity contribution in [3.8, 4) is 11.4 Å². The Hall–Kier alpha value is -1.41. The van der Waals surface area contributed by atoms with E-state index in [2.05, 4.69) is 26.1 Å². The standard InChI is InChI=1S/C12H10BrF3N2O2/c1-6(19)4-10-17-11(18-20-10)8-3-2-7(13)5-9(8)12(14,15)16/h2-3,5-6,19H,4H2,1H3. The minimum absolute atomic E-state index is 0.0882. The van der Waals surface area contributed by atoms with E-state index in [0.29, 0.717) is 4.47 Å². The molecule has 0 aliphatic heterocycles. The van der Waals surface area contributed by atoms with Crippen LogP contribution in [-0.2, 0) is 12.6 Å². The fourth-order valence-electron chi connectivity index (χ4n) is 1.65. The Morgan fingerprint density at radius 2 is 2.10 bits per heavy atom. The van der Waals surface area contributed by atoms with Gasteiger partial charge in [-0.25, -0.2) is 0 Å². The Balaban J connectivity index is 2.45. The summed E-state index contributed by atoms with van der Waals surface area (Å²) in [6.07, 6.45) is -5.15. The summed E-state index contributed by atoms with van der Waals surface area (Å²) < 4.78 is 44.1. The maximum absolute atomic E-state index is 13.0. The molecule has 0 aliphatic rings. The Bertz CT molecular complexity index is 611. The van der Waals surface area contributed by atoms with Gasteiger partial charge in [-0.2, -0.15) is 18.2 Å². The third-order valence-electron chi connectivity index (χ3n) is 2.47. The molecule has 0 aliphatic carbocycles. The molecule has 108 valence electrons. The van der Waals surface area contributed by atoms with Gasteiger partial charge in [0.05, 0.1) is 18.1 Å². The molecule has 8 heteroatoms. The number of halogens is 4. The zero-order valence-electron chi connectivity index (χ0n) is 10.3. The van der Waals surface area contributed by atoms with Crippen LogP contribution in [0, 0.1) is 0 Å². The van der Waals surface area contributed by atoms with E-state index in [1.807, 2.05) is 0 Å². The largest absolute Gasteiger partial charge is 0.417 e. The Labute approximate surface area is 120 Å². The molecule has 1 aromatic carbocycles. The molecule has 0 amide bonds. The van der Waals surface area contributed by atoms with Gasteiger partial charge in [-0.05, 0) is 25.1 Å². The first kappa shape index (κ1) is 15.0. The number of alkyl halides is 3. The lowest BCUT2D eigenvalue weighted by Crippen LogP contribution is -2.08. The van der Waals surface area contributed by atoms with Crippen molar-refractivity contribution in [1.82, 2.24) is 10.1 Å². The van der Waals surface area contributed by atoms with Crippen LogP contribution in [0.1, 0.15) is 18.4 Å². The van der Waals surface area contributed by atoms with Gasteiger partial charge in [0.2, 0.25) is 11.7 Å². The summed E-state index contributed by atoms with van der Waals surface area (Å²) >= 11 is 3.00. The van der Waals surface area contributed by atoms with Gasteiger partial charge < -0.3 is 9.63 Å². The minimum atomic E-state index is -4.52. The van der Waals surface area contributed by atoms with Crippen molar-refractivity contribution in [3.05, 3.63) is 34.1 Å². The molecule has 2 aromatic rings. The van der Waals surface area contributed by atoms with Gasteiger partial charge in [0, 0.05) is 10.0 Å². The topological polar surface area (TPSA) is 59.2 Å². The molecule has 1 unspecified atom stereocenters. The van der Waals surface area contributed by atoms with Gasteiger partial charge in [-0.15, -0.1) is 0 Å². The number of aromatic nitrogens is 2. The molecule has 1 heterocycles. The predicted molar refractivity (Wildman–Crippen MR) is 67.8 cm³/mol. The number of aliphatic hydroxyl groups excluding tert-OH is 1. The SMILES string of the molecule is CC(O)Cc1nc(-c2ccc(Br)cc2C(F)(F)F)no1. The van der Waals surface area contributed by atoms with Crippen molar-refractivity contribution in [2.24, 2.45) is 0 Å². The Morgan fingerprint density at radius 1 is 1.40 bits per heavy atom. The molecule has 0 saturated carbocycles. The summed E-state index contributed by atoms with van der Waals surface area (Å²) in [5.74, 6) is -0.0634. The van der Waals surface area contributed by atoms with E-state index in [-0.39, 0.29) is 23.7 Å². The fraction of sp³-hybridized carbons (Fsp3) is 0.333. The van der Waals surface area contributed by atoms with Crippen LogP contribution in [0.4, 0.5) is 13.2 Å². The van der Waals surface area contributed by atoms with Crippen LogP contribution in [0.3, 0.4) is 0 Å². The van der Waals surface area contributed by atoms with Crippen LogP contribution in [0.15, 0.2) is 27.2 Å². The summed E-state index contributed by atoms with van der Waals surface area (Å²) in [4.78, 5) is 3.87. The van der Waals surface area contributed by atoms with Gasteiger partial charge in [0.25, 0.3) is 0 Å². The van der Waals surface area contributed by atoms with Crippen LogP contribution in [0.5, 0.6) is 0 Å². The van der Waals surface area contributed by atoms with E-state index < -0.39 is 17.8 Å². The Kier molecular flexibility index (Phi) is 4.14. The summed E-state index contributed by atoms with van der Waals surface area (Å²) in [6, 6.07) is 3.69. The molecular formula is C12H10BrF3N2O2. The van der Waals surface area contributed by atoms with Crippen LogP contribution in [0.2, 0.25) is 0 Å². The van der Waals surface area contributed by atoms with Crippen molar-refractivity contribution in [2.75, 3.05) is 0 Å². The average molecular weight is 351 g/mol. The predicted octanol–water partition coefficient (Wildman–Crippen LogP) is 3.44. The molecule has 1 N–H and O–H groups in total. The molecule has 0 radical (unpaired) electrons. The molecule has 0 fully saturated rings. The third-order valence-corrected chi connectivity index (χ3v) is 2.96. The molecule has 0 saturated heterocycles. The molecule has 4 nitrogen and oxygen atoms in total. The van der Waals surface area contributed by atoms with E-state index in [0.717, 1.165) is 6.07 Å². The van der Waals surface area contributed by atoms with Gasteiger partial charge in [0.15, 0.2) is 0 Å². The zero-order valence-corrected chi connectivity index (χ0v) is 11.9. The molecule has 2 rings (SSSR count). The van der Waals surface area contributed by atoms with Crippen molar-refractivity contribution >= 4 is 15.9 Å². The summed E-state index contributed by atoms with van der Waals surface area (Å²) in [7, 11) is 0. The summed E-state index contributed by atoms with van der Waals surface area (Å²) in [5.41, 5.74) is -1.02. The third kappa shape index (κ3) is 3.37. The molecule has 1 atom stereocenters. The first-order chi connectivity index (χ1) is 9.27. The maximum Gasteiger partial charge on any atom is 0.417 e. The average Bonchev–Trinajstić information content (AvgIpc) is 2.75. The monoisotopic (exact) mass is 350 g/mol. The van der Waals surface area contributed by atoms with Gasteiger partial charge in [-0.1, -0.05) is 21.1 Å². The van der Waals surface area contributed by atoms with Crippen LogP contribution < -0.4 is 0 Å².